The van der Waals surface area contributed by atoms with E-state index in [0.717, 1.165) is 27.3 Å². The largest absolute Gasteiger partial charge is 0.362 e. The van der Waals surface area contributed by atoms with E-state index in [4.69, 9.17) is 16.1 Å². The molecule has 0 aliphatic rings. The average molecular weight is 371 g/mol. The van der Waals surface area contributed by atoms with Gasteiger partial charge in [0.05, 0.1) is 17.0 Å². The van der Waals surface area contributed by atoms with Gasteiger partial charge in [-0.3, -0.25) is 0 Å². The molecule has 3 aromatic heterocycles. The summed E-state index contributed by atoms with van der Waals surface area (Å²) in [5.74, 6) is 1.52. The summed E-state index contributed by atoms with van der Waals surface area (Å²) in [6.45, 7) is 4.67. The molecule has 3 heterocycles. The van der Waals surface area contributed by atoms with Gasteiger partial charge in [0, 0.05) is 16.5 Å². The third kappa shape index (κ3) is 2.99. The highest BCUT2D eigenvalue weighted by Crippen LogP contribution is 2.33. The van der Waals surface area contributed by atoms with Crippen molar-refractivity contribution in [2.75, 3.05) is 5.32 Å². The first-order valence-electron chi connectivity index (χ1n) is 7.78. The second-order valence-electron chi connectivity index (χ2n) is 5.70. The van der Waals surface area contributed by atoms with Crippen LogP contribution in [0, 0.1) is 13.8 Å². The molecule has 4 aromatic rings. The van der Waals surface area contributed by atoms with Crippen molar-refractivity contribution in [1.29, 1.82) is 0 Å². The highest BCUT2D eigenvalue weighted by atomic mass is 35.5. The molecule has 5 nitrogen and oxygen atoms in total. The summed E-state index contributed by atoms with van der Waals surface area (Å²) in [5.41, 5.74) is 2.78. The molecule has 25 heavy (non-hydrogen) atoms. The van der Waals surface area contributed by atoms with Crippen LogP contribution < -0.4 is 5.32 Å². The topological polar surface area (TPSA) is 63.8 Å². The fraction of sp³-hybridized carbons (Fsp3) is 0.167. The van der Waals surface area contributed by atoms with Crippen LogP contribution in [0.3, 0.4) is 0 Å². The van der Waals surface area contributed by atoms with Gasteiger partial charge in [0.2, 0.25) is 0 Å². The normalized spacial score (nSPS) is 11.2. The molecule has 7 heteroatoms. The monoisotopic (exact) mass is 370 g/mol. The van der Waals surface area contributed by atoms with Crippen LogP contribution in [0.1, 0.15) is 16.2 Å². The fourth-order valence-corrected chi connectivity index (χ4v) is 3.91. The number of aryl methyl sites for hydroxylation is 2. The number of rotatable bonds is 4. The van der Waals surface area contributed by atoms with Gasteiger partial charge < -0.3 is 9.84 Å². The lowest BCUT2D eigenvalue weighted by Crippen LogP contribution is -2.01. The second-order valence-corrected chi connectivity index (χ2v) is 7.31. The highest BCUT2D eigenvalue weighted by molar-refractivity contribution is 7.18. The van der Waals surface area contributed by atoms with Crippen LogP contribution in [0.4, 0.5) is 5.82 Å². The molecule has 0 bridgehead atoms. The van der Waals surface area contributed by atoms with Crippen LogP contribution in [-0.2, 0) is 6.54 Å². The average Bonchev–Trinajstić information content (AvgIpc) is 3.19. The van der Waals surface area contributed by atoms with Gasteiger partial charge in [-0.05, 0) is 25.5 Å². The Bertz CT molecular complexity index is 1060. The van der Waals surface area contributed by atoms with Gasteiger partial charge in [-0.25, -0.2) is 9.97 Å². The Morgan fingerprint density at radius 3 is 2.88 bits per heavy atom. The molecule has 126 valence electrons. The second kappa shape index (κ2) is 6.46. The highest BCUT2D eigenvalue weighted by Gasteiger charge is 2.13. The van der Waals surface area contributed by atoms with E-state index >= 15 is 0 Å². The fourth-order valence-electron chi connectivity index (χ4n) is 2.68. The molecule has 0 radical (unpaired) electrons. The standard InChI is InChI=1S/C18H15ClN4OS/c1-10-11(2)25-18-16(10)17(21-9-22-18)20-8-12-7-15(23-24-12)13-5-3-4-6-14(13)19/h3-7,9H,8H2,1-2H3,(H,20,21,22). The van der Waals surface area contributed by atoms with Crippen molar-refractivity contribution in [1.82, 2.24) is 15.1 Å². The summed E-state index contributed by atoms with van der Waals surface area (Å²) in [6, 6.07) is 9.46. The Balaban J connectivity index is 1.58. The van der Waals surface area contributed by atoms with Gasteiger partial charge in [0.1, 0.15) is 22.7 Å². The Kier molecular flexibility index (Phi) is 4.15. The van der Waals surface area contributed by atoms with Crippen molar-refractivity contribution in [2.24, 2.45) is 0 Å². The molecule has 1 aromatic carbocycles. The number of halogens is 1. The van der Waals surface area contributed by atoms with Crippen LogP contribution in [0.25, 0.3) is 21.5 Å². The number of aromatic nitrogens is 3. The predicted molar refractivity (Wildman–Crippen MR) is 101 cm³/mol. The number of nitrogens with zero attached hydrogens (tertiary/aromatic N) is 3. The van der Waals surface area contributed by atoms with E-state index in [9.17, 15) is 0 Å². The van der Waals surface area contributed by atoms with E-state index in [1.807, 2.05) is 30.3 Å². The smallest absolute Gasteiger partial charge is 0.156 e. The number of nitrogens with one attached hydrogen (secondary N) is 1. The first-order valence-corrected chi connectivity index (χ1v) is 8.98. The molecule has 0 aliphatic heterocycles. The molecule has 1 N–H and O–H groups in total. The maximum Gasteiger partial charge on any atom is 0.156 e. The molecule has 0 saturated carbocycles. The molecule has 0 unspecified atom stereocenters. The summed E-state index contributed by atoms with van der Waals surface area (Å²) in [6.07, 6.45) is 1.58. The Morgan fingerprint density at radius 1 is 1.20 bits per heavy atom. The third-order valence-electron chi connectivity index (χ3n) is 4.10. The Morgan fingerprint density at radius 2 is 2.04 bits per heavy atom. The molecular weight excluding hydrogens is 356 g/mol. The van der Waals surface area contributed by atoms with Gasteiger partial charge in [-0.2, -0.15) is 0 Å². The lowest BCUT2D eigenvalue weighted by atomic mass is 10.1. The van der Waals surface area contributed by atoms with E-state index in [2.05, 4.69) is 34.3 Å². The molecule has 0 saturated heterocycles. The van der Waals surface area contributed by atoms with Crippen molar-refractivity contribution in [3.05, 3.63) is 57.9 Å². The third-order valence-corrected chi connectivity index (χ3v) is 5.55. The number of benzene rings is 1. The number of hydrogen-bond acceptors (Lipinski definition) is 6. The van der Waals surface area contributed by atoms with Gasteiger partial charge in [0.25, 0.3) is 0 Å². The molecule has 0 spiro atoms. The molecular formula is C18H15ClN4OS. The Hall–Kier alpha value is -2.44. The van der Waals surface area contributed by atoms with Crippen LogP contribution in [-0.4, -0.2) is 15.1 Å². The number of anilines is 1. The molecule has 0 atom stereocenters. The predicted octanol–water partition coefficient (Wildman–Crippen LogP) is 5.23. The minimum absolute atomic E-state index is 0.484. The maximum absolute atomic E-state index is 6.21. The van der Waals surface area contributed by atoms with Crippen molar-refractivity contribution >= 4 is 39.0 Å². The minimum Gasteiger partial charge on any atom is -0.362 e. The first-order chi connectivity index (χ1) is 12.1. The molecule has 0 fully saturated rings. The van der Waals surface area contributed by atoms with Crippen molar-refractivity contribution < 1.29 is 4.52 Å². The van der Waals surface area contributed by atoms with E-state index in [1.165, 1.54) is 10.4 Å². The van der Waals surface area contributed by atoms with Crippen molar-refractivity contribution in [3.63, 3.8) is 0 Å². The molecule has 0 aliphatic carbocycles. The lowest BCUT2D eigenvalue weighted by Gasteiger charge is -2.04. The van der Waals surface area contributed by atoms with Crippen LogP contribution in [0.15, 0.2) is 41.2 Å². The van der Waals surface area contributed by atoms with Crippen LogP contribution in [0.5, 0.6) is 0 Å². The van der Waals surface area contributed by atoms with Crippen LogP contribution >= 0.6 is 22.9 Å². The quantitative estimate of drug-likeness (QED) is 0.533. The molecule has 0 amide bonds. The first kappa shape index (κ1) is 16.1. The summed E-state index contributed by atoms with van der Waals surface area (Å²) in [4.78, 5) is 11.0. The number of hydrogen-bond donors (Lipinski definition) is 1. The number of fused-ring (bicyclic) bond motifs is 1. The summed E-state index contributed by atoms with van der Waals surface area (Å²) in [5, 5.41) is 9.16. The zero-order chi connectivity index (χ0) is 17.4. The van der Waals surface area contributed by atoms with Crippen molar-refractivity contribution in [2.45, 2.75) is 20.4 Å². The summed E-state index contributed by atoms with van der Waals surface area (Å²) >= 11 is 7.89. The minimum atomic E-state index is 0.484. The van der Waals surface area contributed by atoms with Gasteiger partial charge in [-0.15, -0.1) is 11.3 Å². The SMILES string of the molecule is Cc1sc2ncnc(NCc3cc(-c4ccccc4Cl)no3)c2c1C. The van der Waals surface area contributed by atoms with E-state index in [0.29, 0.717) is 17.3 Å². The van der Waals surface area contributed by atoms with Gasteiger partial charge in [-0.1, -0.05) is 35.0 Å². The van der Waals surface area contributed by atoms with Crippen molar-refractivity contribution in [3.8, 4) is 11.3 Å². The van der Waals surface area contributed by atoms with E-state index in [1.54, 1.807) is 17.7 Å². The lowest BCUT2D eigenvalue weighted by molar-refractivity contribution is 0.390. The maximum atomic E-state index is 6.21. The van der Waals surface area contributed by atoms with E-state index in [-0.39, 0.29) is 0 Å². The summed E-state index contributed by atoms with van der Waals surface area (Å²) in [7, 11) is 0. The number of thiophene rings is 1. The van der Waals surface area contributed by atoms with Gasteiger partial charge >= 0.3 is 0 Å². The molecule has 4 rings (SSSR count). The zero-order valence-corrected chi connectivity index (χ0v) is 15.3. The van der Waals surface area contributed by atoms with Gasteiger partial charge in [0.15, 0.2) is 5.76 Å². The Labute approximate surface area is 153 Å². The summed E-state index contributed by atoms with van der Waals surface area (Å²) < 4.78 is 5.43. The van der Waals surface area contributed by atoms with Crippen LogP contribution in [0.2, 0.25) is 5.02 Å². The van der Waals surface area contributed by atoms with E-state index < -0.39 is 0 Å². The zero-order valence-electron chi connectivity index (χ0n) is 13.7.